The molecular weight excluding hydrogens is 222 g/mol. The summed E-state index contributed by atoms with van der Waals surface area (Å²) in [6.45, 7) is 0.307. The summed E-state index contributed by atoms with van der Waals surface area (Å²) in [5.41, 5.74) is 0.987. The first kappa shape index (κ1) is 10.8. The maximum absolute atomic E-state index is 11.6. The molecule has 82 valence electrons. The zero-order valence-electron chi connectivity index (χ0n) is 8.55. The molecule has 0 amide bonds. The van der Waals surface area contributed by atoms with Crippen molar-refractivity contribution < 1.29 is 9.53 Å². The largest absolute Gasteiger partial charge is 0.457 e. The summed E-state index contributed by atoms with van der Waals surface area (Å²) in [6.07, 6.45) is 5.27. The third-order valence-corrected chi connectivity index (χ3v) is 2.77. The van der Waals surface area contributed by atoms with Gasteiger partial charge in [-0.05, 0) is 29.7 Å². The lowest BCUT2D eigenvalue weighted by atomic mass is 10.2. The number of carbonyl (C=O) groups excluding carboxylic acids is 1. The fourth-order valence-electron chi connectivity index (χ4n) is 1.21. The minimum absolute atomic E-state index is 0.300. The van der Waals surface area contributed by atoms with E-state index in [9.17, 15) is 4.79 Å². The highest BCUT2D eigenvalue weighted by atomic mass is 32.2. The van der Waals surface area contributed by atoms with E-state index in [1.165, 1.54) is 11.9 Å². The summed E-state index contributed by atoms with van der Waals surface area (Å²) in [5, 5.41) is 0. The Hall–Kier alpha value is -1.68. The molecule has 1 heterocycles. The van der Waals surface area contributed by atoms with Crippen LogP contribution in [-0.4, -0.2) is 5.97 Å². The Morgan fingerprint density at radius 1 is 1.31 bits per heavy atom. The average molecular weight is 233 g/mol. The molecule has 0 saturated carbocycles. The zero-order chi connectivity index (χ0) is 11.2. The fourth-order valence-corrected chi connectivity index (χ4v) is 1.77. The van der Waals surface area contributed by atoms with Crippen LogP contribution in [0, 0.1) is 0 Å². The summed E-state index contributed by atoms with van der Waals surface area (Å²) in [4.78, 5) is 12.2. The Labute approximate surface area is 98.3 Å². The molecule has 16 heavy (non-hydrogen) atoms. The predicted octanol–water partition coefficient (Wildman–Crippen LogP) is 2.38. The monoisotopic (exact) mass is 233 g/mol. The highest BCUT2D eigenvalue weighted by Gasteiger charge is 2.12. The molecule has 1 aliphatic heterocycles. The van der Waals surface area contributed by atoms with Crippen LogP contribution in [0.2, 0.25) is 0 Å². The van der Waals surface area contributed by atoms with Crippen molar-refractivity contribution in [2.75, 3.05) is 0 Å². The Kier molecular flexibility index (Phi) is 3.66. The molecule has 1 N–H and O–H groups in total. The number of hydrogen-bond acceptors (Lipinski definition) is 4. The first-order valence-electron chi connectivity index (χ1n) is 4.86. The number of nitrogens with one attached hydrogen (secondary N) is 1. The van der Waals surface area contributed by atoms with Crippen LogP contribution >= 0.6 is 11.9 Å². The van der Waals surface area contributed by atoms with Crippen molar-refractivity contribution >= 4 is 17.9 Å². The van der Waals surface area contributed by atoms with Crippen LogP contribution in [0.3, 0.4) is 0 Å². The van der Waals surface area contributed by atoms with E-state index in [1.807, 2.05) is 30.3 Å². The Morgan fingerprint density at radius 2 is 2.12 bits per heavy atom. The van der Waals surface area contributed by atoms with E-state index in [-0.39, 0.29) is 5.97 Å². The molecule has 0 aromatic heterocycles. The standard InChI is InChI=1S/C12H11NO2S/c14-12(11-7-4-8-13-16-11)15-9-10-5-2-1-3-6-10/h1-8,13H,9H2. The van der Waals surface area contributed by atoms with E-state index < -0.39 is 0 Å². The van der Waals surface area contributed by atoms with Gasteiger partial charge in [-0.25, -0.2) is 4.79 Å². The van der Waals surface area contributed by atoms with Crippen LogP contribution in [0.25, 0.3) is 0 Å². The Balaban J connectivity index is 1.89. The van der Waals surface area contributed by atoms with Gasteiger partial charge < -0.3 is 9.46 Å². The normalized spacial score (nSPS) is 13.9. The minimum Gasteiger partial charge on any atom is -0.457 e. The topological polar surface area (TPSA) is 38.3 Å². The van der Waals surface area contributed by atoms with Crippen molar-refractivity contribution in [3.8, 4) is 0 Å². The van der Waals surface area contributed by atoms with Gasteiger partial charge in [0.1, 0.15) is 11.5 Å². The van der Waals surface area contributed by atoms with E-state index >= 15 is 0 Å². The van der Waals surface area contributed by atoms with Crippen LogP contribution in [0.5, 0.6) is 0 Å². The van der Waals surface area contributed by atoms with Crippen molar-refractivity contribution in [3.05, 3.63) is 59.2 Å². The number of benzene rings is 1. The van der Waals surface area contributed by atoms with Crippen molar-refractivity contribution in [2.45, 2.75) is 6.61 Å². The molecule has 0 bridgehead atoms. The van der Waals surface area contributed by atoms with E-state index in [4.69, 9.17) is 4.74 Å². The first-order chi connectivity index (χ1) is 7.86. The van der Waals surface area contributed by atoms with Crippen LogP contribution in [-0.2, 0) is 16.1 Å². The minimum atomic E-state index is -0.300. The maximum Gasteiger partial charge on any atom is 0.346 e. The van der Waals surface area contributed by atoms with Gasteiger partial charge in [-0.15, -0.1) is 0 Å². The molecule has 1 aromatic rings. The third kappa shape index (κ3) is 2.90. The van der Waals surface area contributed by atoms with Crippen molar-refractivity contribution in [1.82, 2.24) is 4.72 Å². The van der Waals surface area contributed by atoms with Gasteiger partial charge in [0.25, 0.3) is 0 Å². The first-order valence-corrected chi connectivity index (χ1v) is 5.68. The SMILES string of the molecule is O=C(OCc1ccccc1)C1=CC=CNS1. The average Bonchev–Trinajstić information content (AvgIpc) is 2.38. The van der Waals surface area contributed by atoms with Gasteiger partial charge in [-0.2, -0.15) is 0 Å². The number of allylic oxidation sites excluding steroid dienone is 2. The molecule has 0 fully saturated rings. The summed E-state index contributed by atoms with van der Waals surface area (Å²) in [5.74, 6) is -0.300. The second kappa shape index (κ2) is 5.42. The van der Waals surface area contributed by atoms with Crippen LogP contribution in [0.4, 0.5) is 0 Å². The van der Waals surface area contributed by atoms with E-state index in [1.54, 1.807) is 18.4 Å². The van der Waals surface area contributed by atoms with Gasteiger partial charge in [0, 0.05) is 6.20 Å². The van der Waals surface area contributed by atoms with Crippen LogP contribution in [0.15, 0.2) is 53.6 Å². The van der Waals surface area contributed by atoms with Crippen molar-refractivity contribution in [3.63, 3.8) is 0 Å². The van der Waals surface area contributed by atoms with Gasteiger partial charge in [-0.3, -0.25) is 0 Å². The second-order valence-electron chi connectivity index (χ2n) is 3.17. The zero-order valence-corrected chi connectivity index (χ0v) is 9.37. The maximum atomic E-state index is 11.6. The molecule has 2 rings (SSSR count). The van der Waals surface area contributed by atoms with Crippen LogP contribution < -0.4 is 4.72 Å². The highest BCUT2D eigenvalue weighted by Crippen LogP contribution is 2.17. The third-order valence-electron chi connectivity index (χ3n) is 1.99. The fraction of sp³-hybridized carbons (Fsp3) is 0.0833. The van der Waals surface area contributed by atoms with E-state index in [2.05, 4.69) is 4.72 Å². The molecule has 3 nitrogen and oxygen atoms in total. The number of rotatable bonds is 3. The molecule has 4 heteroatoms. The molecule has 0 spiro atoms. The number of ether oxygens (including phenoxy) is 1. The molecular formula is C12H11NO2S. The molecule has 1 aliphatic rings. The van der Waals surface area contributed by atoms with Crippen molar-refractivity contribution in [1.29, 1.82) is 0 Å². The molecule has 0 saturated heterocycles. The Bertz CT molecular complexity index is 426. The van der Waals surface area contributed by atoms with Gasteiger partial charge in [0.2, 0.25) is 0 Å². The molecule has 0 radical (unpaired) electrons. The van der Waals surface area contributed by atoms with Crippen molar-refractivity contribution in [2.24, 2.45) is 0 Å². The molecule has 0 aliphatic carbocycles. The van der Waals surface area contributed by atoms with E-state index in [0.29, 0.717) is 11.5 Å². The quantitative estimate of drug-likeness (QED) is 0.642. The molecule has 1 aromatic carbocycles. The molecule has 0 unspecified atom stereocenters. The summed E-state index contributed by atoms with van der Waals surface area (Å²) >= 11 is 1.26. The summed E-state index contributed by atoms with van der Waals surface area (Å²) in [7, 11) is 0. The number of carbonyl (C=O) groups is 1. The van der Waals surface area contributed by atoms with Crippen LogP contribution in [0.1, 0.15) is 5.56 Å². The Morgan fingerprint density at radius 3 is 2.81 bits per heavy atom. The lowest BCUT2D eigenvalue weighted by Gasteiger charge is -2.09. The van der Waals surface area contributed by atoms with Gasteiger partial charge in [0.15, 0.2) is 0 Å². The summed E-state index contributed by atoms with van der Waals surface area (Å²) < 4.78 is 8.05. The number of esters is 1. The molecule has 0 atom stereocenters. The second-order valence-corrected chi connectivity index (χ2v) is 4.05. The van der Waals surface area contributed by atoms with Gasteiger partial charge in [-0.1, -0.05) is 30.3 Å². The van der Waals surface area contributed by atoms with Gasteiger partial charge in [0.05, 0.1) is 0 Å². The summed E-state index contributed by atoms with van der Waals surface area (Å²) in [6, 6.07) is 9.62. The lowest BCUT2D eigenvalue weighted by molar-refractivity contribution is -0.139. The van der Waals surface area contributed by atoms with Gasteiger partial charge >= 0.3 is 5.97 Å². The highest BCUT2D eigenvalue weighted by molar-refractivity contribution is 8.02. The van der Waals surface area contributed by atoms with E-state index in [0.717, 1.165) is 5.56 Å². The smallest absolute Gasteiger partial charge is 0.346 e. The lowest BCUT2D eigenvalue weighted by Crippen LogP contribution is -2.10. The predicted molar refractivity (Wildman–Crippen MR) is 64.2 cm³/mol. The number of hydrogen-bond donors (Lipinski definition) is 1.